The normalized spacial score (nSPS) is 12.6. The van der Waals surface area contributed by atoms with E-state index in [2.05, 4.69) is 29.2 Å². The molecule has 9 heteroatoms. The maximum Gasteiger partial charge on any atom is 0.328 e. The minimum atomic E-state index is -0.694. The number of esters is 1. The quantitative estimate of drug-likeness (QED) is 0.473. The van der Waals surface area contributed by atoms with Crippen molar-refractivity contribution in [2.75, 3.05) is 12.0 Å². The summed E-state index contributed by atoms with van der Waals surface area (Å²) < 4.78 is 7.06. The van der Waals surface area contributed by atoms with Crippen molar-refractivity contribution < 1.29 is 14.3 Å². The van der Waals surface area contributed by atoms with Crippen molar-refractivity contribution in [3.05, 3.63) is 17.5 Å². The van der Waals surface area contributed by atoms with Crippen LogP contribution >= 0.6 is 23.5 Å². The molecular weight excluding hydrogens is 408 g/mol. The van der Waals surface area contributed by atoms with Crippen molar-refractivity contribution >= 4 is 46.4 Å². The van der Waals surface area contributed by atoms with Gasteiger partial charge in [0.2, 0.25) is 0 Å². The number of aryl methyl sites for hydroxylation is 2. The minimum absolute atomic E-state index is 0.237. The van der Waals surface area contributed by atoms with Gasteiger partial charge in [0.15, 0.2) is 5.65 Å². The van der Waals surface area contributed by atoms with Gasteiger partial charge in [-0.15, -0.1) is 11.8 Å². The van der Waals surface area contributed by atoms with Crippen LogP contribution in [0.4, 0.5) is 0 Å². The van der Waals surface area contributed by atoms with Crippen LogP contribution in [-0.2, 0) is 16.6 Å². The molecule has 7 nitrogen and oxygen atoms in total. The second-order valence-electron chi connectivity index (χ2n) is 7.37. The van der Waals surface area contributed by atoms with E-state index in [1.807, 2.05) is 20.2 Å². The molecule has 0 saturated carbocycles. The van der Waals surface area contributed by atoms with Crippen LogP contribution in [-0.4, -0.2) is 56.0 Å². The molecule has 0 spiro atoms. The SMILES string of the molecule is CSCCC(NC(=O)c1cnc2c(c(C)nn2C)c1SC(C)C)C(=O)OC(C)C. The summed E-state index contributed by atoms with van der Waals surface area (Å²) in [6.45, 7) is 9.66. The number of aromatic nitrogens is 3. The Morgan fingerprint density at radius 1 is 1.28 bits per heavy atom. The third-order valence-electron chi connectivity index (χ3n) is 4.13. The van der Waals surface area contributed by atoms with Crippen molar-refractivity contribution in [2.24, 2.45) is 7.05 Å². The number of thioether (sulfide) groups is 2. The average molecular weight is 439 g/mol. The first kappa shape index (κ1) is 23.5. The minimum Gasteiger partial charge on any atom is -0.461 e. The van der Waals surface area contributed by atoms with Crippen LogP contribution < -0.4 is 5.32 Å². The van der Waals surface area contributed by atoms with E-state index in [1.165, 1.54) is 0 Å². The molecule has 0 bridgehead atoms. The fraction of sp³-hybridized carbons (Fsp3) is 0.600. The second-order valence-corrected chi connectivity index (χ2v) is 9.94. The number of hydrogen-bond acceptors (Lipinski definition) is 7. The lowest BCUT2D eigenvalue weighted by Crippen LogP contribution is -2.43. The Labute approximate surface area is 180 Å². The highest BCUT2D eigenvalue weighted by Gasteiger charge is 2.26. The molecule has 0 aromatic carbocycles. The van der Waals surface area contributed by atoms with E-state index < -0.39 is 12.0 Å². The average Bonchev–Trinajstić information content (AvgIpc) is 2.91. The summed E-state index contributed by atoms with van der Waals surface area (Å²) in [6.07, 6.45) is 3.81. The summed E-state index contributed by atoms with van der Waals surface area (Å²) in [4.78, 5) is 30.9. The number of rotatable bonds is 9. The molecule has 1 unspecified atom stereocenters. The topological polar surface area (TPSA) is 86.1 Å². The van der Waals surface area contributed by atoms with Gasteiger partial charge < -0.3 is 10.1 Å². The molecule has 2 aromatic heterocycles. The summed E-state index contributed by atoms with van der Waals surface area (Å²) >= 11 is 3.22. The predicted octanol–water partition coefficient (Wildman–Crippen LogP) is 3.58. The molecule has 1 amide bonds. The van der Waals surface area contributed by atoms with Gasteiger partial charge in [0.1, 0.15) is 6.04 Å². The molecular formula is C20H30N4O3S2. The first-order valence-electron chi connectivity index (χ1n) is 9.64. The van der Waals surface area contributed by atoms with E-state index >= 15 is 0 Å². The maximum absolute atomic E-state index is 13.2. The van der Waals surface area contributed by atoms with Gasteiger partial charge in [0.25, 0.3) is 5.91 Å². The van der Waals surface area contributed by atoms with Gasteiger partial charge in [-0.25, -0.2) is 9.78 Å². The Kier molecular flexibility index (Phi) is 8.39. The molecule has 160 valence electrons. The molecule has 1 atom stereocenters. The van der Waals surface area contributed by atoms with E-state index in [1.54, 1.807) is 48.2 Å². The van der Waals surface area contributed by atoms with Crippen LogP contribution in [0, 0.1) is 6.92 Å². The summed E-state index contributed by atoms with van der Waals surface area (Å²) in [5.41, 5.74) is 2.02. The molecule has 0 aliphatic heterocycles. The van der Waals surface area contributed by atoms with Gasteiger partial charge in [0.05, 0.1) is 22.7 Å². The molecule has 2 rings (SSSR count). The van der Waals surface area contributed by atoms with Crippen LogP contribution in [0.2, 0.25) is 0 Å². The fourth-order valence-corrected chi connectivity index (χ4v) is 4.51. The van der Waals surface area contributed by atoms with E-state index in [0.717, 1.165) is 27.4 Å². The maximum atomic E-state index is 13.2. The third kappa shape index (κ3) is 5.88. The summed E-state index contributed by atoms with van der Waals surface area (Å²) in [7, 11) is 1.84. The van der Waals surface area contributed by atoms with Crippen molar-refractivity contribution in [1.29, 1.82) is 0 Å². The van der Waals surface area contributed by atoms with Gasteiger partial charge in [-0.3, -0.25) is 9.48 Å². The summed E-state index contributed by atoms with van der Waals surface area (Å²) in [5.74, 6) is 0.00903. The van der Waals surface area contributed by atoms with E-state index in [4.69, 9.17) is 4.74 Å². The molecule has 0 radical (unpaired) electrons. The Bertz CT molecular complexity index is 880. The molecule has 2 heterocycles. The van der Waals surface area contributed by atoms with Crippen LogP contribution in [0.1, 0.15) is 50.2 Å². The number of ether oxygens (including phenoxy) is 1. The third-order valence-corrected chi connectivity index (χ3v) is 5.91. The number of carbonyl (C=O) groups excluding carboxylic acids is 2. The monoisotopic (exact) mass is 438 g/mol. The summed E-state index contributed by atoms with van der Waals surface area (Å²) in [5, 5.41) is 8.47. The smallest absolute Gasteiger partial charge is 0.328 e. The lowest BCUT2D eigenvalue weighted by molar-refractivity contribution is -0.149. The number of amides is 1. The lowest BCUT2D eigenvalue weighted by atomic mass is 10.1. The standard InChI is InChI=1S/C20H30N4O3S2/c1-11(2)27-20(26)15(8-9-28-7)22-19(25)14-10-21-18-16(13(5)23-24(18)6)17(14)29-12(3)4/h10-12,15H,8-9H2,1-7H3,(H,22,25). The van der Waals surface area contributed by atoms with Crippen molar-refractivity contribution in [2.45, 2.75) is 63.3 Å². The highest BCUT2D eigenvalue weighted by atomic mass is 32.2. The van der Waals surface area contributed by atoms with Crippen LogP contribution in [0.25, 0.3) is 11.0 Å². The Hall–Kier alpha value is -1.74. The molecule has 0 aliphatic rings. The Morgan fingerprint density at radius 2 is 1.97 bits per heavy atom. The molecule has 0 saturated heterocycles. The number of hydrogen-bond donors (Lipinski definition) is 1. The van der Waals surface area contributed by atoms with Gasteiger partial charge in [0, 0.05) is 23.4 Å². The zero-order valence-electron chi connectivity index (χ0n) is 18.1. The van der Waals surface area contributed by atoms with Gasteiger partial charge >= 0.3 is 5.97 Å². The number of nitrogens with one attached hydrogen (secondary N) is 1. The number of carbonyl (C=O) groups is 2. The zero-order chi connectivity index (χ0) is 21.7. The van der Waals surface area contributed by atoms with Crippen molar-refractivity contribution in [3.8, 4) is 0 Å². The zero-order valence-corrected chi connectivity index (χ0v) is 19.7. The second kappa shape index (κ2) is 10.3. The van der Waals surface area contributed by atoms with Gasteiger partial charge in [-0.05, 0) is 39.2 Å². The van der Waals surface area contributed by atoms with Crippen molar-refractivity contribution in [3.63, 3.8) is 0 Å². The largest absolute Gasteiger partial charge is 0.461 e. The molecule has 0 aliphatic carbocycles. The van der Waals surface area contributed by atoms with Crippen LogP contribution in [0.5, 0.6) is 0 Å². The number of nitrogens with zero attached hydrogens (tertiary/aromatic N) is 3. The highest BCUT2D eigenvalue weighted by molar-refractivity contribution is 8.00. The fourth-order valence-electron chi connectivity index (χ4n) is 2.93. The van der Waals surface area contributed by atoms with E-state index in [0.29, 0.717) is 12.0 Å². The predicted molar refractivity (Wildman–Crippen MR) is 120 cm³/mol. The molecule has 2 aromatic rings. The van der Waals surface area contributed by atoms with Crippen molar-refractivity contribution in [1.82, 2.24) is 20.1 Å². The molecule has 29 heavy (non-hydrogen) atoms. The Morgan fingerprint density at radius 3 is 2.55 bits per heavy atom. The summed E-state index contributed by atoms with van der Waals surface area (Å²) in [6, 6.07) is -0.694. The van der Waals surface area contributed by atoms with E-state index in [9.17, 15) is 9.59 Å². The number of fused-ring (bicyclic) bond motifs is 1. The molecule has 0 fully saturated rings. The Balaban J connectivity index is 2.41. The van der Waals surface area contributed by atoms with E-state index in [-0.39, 0.29) is 17.3 Å². The highest BCUT2D eigenvalue weighted by Crippen LogP contribution is 2.34. The van der Waals surface area contributed by atoms with Gasteiger partial charge in [-0.2, -0.15) is 16.9 Å². The number of pyridine rings is 1. The first-order chi connectivity index (χ1) is 13.6. The first-order valence-corrected chi connectivity index (χ1v) is 11.9. The van der Waals surface area contributed by atoms with Crippen LogP contribution in [0.15, 0.2) is 11.1 Å². The lowest BCUT2D eigenvalue weighted by Gasteiger charge is -2.20. The molecule has 1 N–H and O–H groups in total. The van der Waals surface area contributed by atoms with Gasteiger partial charge in [-0.1, -0.05) is 13.8 Å². The van der Waals surface area contributed by atoms with Crippen LogP contribution in [0.3, 0.4) is 0 Å².